The Morgan fingerprint density at radius 3 is 2.48 bits per heavy atom. The molecule has 0 bridgehead atoms. The molecule has 5 heteroatoms. The second-order valence-electron chi connectivity index (χ2n) is 4.51. The van der Waals surface area contributed by atoms with Crippen LogP contribution in [0.5, 0.6) is 5.75 Å². The summed E-state index contributed by atoms with van der Waals surface area (Å²) in [5, 5.41) is 2.88. The number of rotatable bonds is 8. The molecule has 1 unspecified atom stereocenters. The molecule has 0 fully saturated rings. The molecule has 0 aliphatic carbocycles. The Kier molecular flexibility index (Phi) is 7.75. The standard InChI is InChI=1S/C16H19Br2NO2/c1-4-6-7-19-16(20)12(5-2)8-11-9-13(17)15(21-3)14(18)10-11/h4-5,9-10,12H,1-2,6-8H2,3H3,(H,19,20). The van der Waals surface area contributed by atoms with Crippen LogP contribution in [0.1, 0.15) is 12.0 Å². The number of carbonyl (C=O) groups excluding carboxylic acids is 1. The van der Waals surface area contributed by atoms with Gasteiger partial charge in [0.05, 0.1) is 22.0 Å². The zero-order valence-electron chi connectivity index (χ0n) is 12.0. The second kappa shape index (κ2) is 9.05. The van der Waals surface area contributed by atoms with E-state index in [1.807, 2.05) is 12.1 Å². The van der Waals surface area contributed by atoms with E-state index in [4.69, 9.17) is 4.74 Å². The maximum absolute atomic E-state index is 12.1. The molecule has 0 radical (unpaired) electrons. The number of carbonyl (C=O) groups is 1. The van der Waals surface area contributed by atoms with Gasteiger partial charge in [-0.3, -0.25) is 4.79 Å². The first kappa shape index (κ1) is 18.0. The van der Waals surface area contributed by atoms with E-state index in [2.05, 4.69) is 50.3 Å². The van der Waals surface area contributed by atoms with Crippen molar-refractivity contribution in [1.29, 1.82) is 0 Å². The third-order valence-corrected chi connectivity index (χ3v) is 4.16. The summed E-state index contributed by atoms with van der Waals surface area (Å²) in [6.07, 6.45) is 4.80. The lowest BCUT2D eigenvalue weighted by Crippen LogP contribution is -2.31. The van der Waals surface area contributed by atoms with Crippen LogP contribution in [0.15, 0.2) is 46.4 Å². The van der Waals surface area contributed by atoms with Gasteiger partial charge in [0.15, 0.2) is 0 Å². The van der Waals surface area contributed by atoms with Gasteiger partial charge in [-0.05, 0) is 62.4 Å². The highest BCUT2D eigenvalue weighted by molar-refractivity contribution is 9.11. The van der Waals surface area contributed by atoms with Gasteiger partial charge in [-0.2, -0.15) is 0 Å². The molecule has 0 aliphatic rings. The van der Waals surface area contributed by atoms with E-state index in [-0.39, 0.29) is 11.8 Å². The summed E-state index contributed by atoms with van der Waals surface area (Å²) in [4.78, 5) is 12.1. The van der Waals surface area contributed by atoms with E-state index in [0.717, 1.165) is 26.7 Å². The van der Waals surface area contributed by atoms with Crippen LogP contribution in [0, 0.1) is 5.92 Å². The molecule has 3 nitrogen and oxygen atoms in total. The molecule has 1 atom stereocenters. The Morgan fingerprint density at radius 2 is 2.00 bits per heavy atom. The van der Waals surface area contributed by atoms with Crippen LogP contribution in [0.4, 0.5) is 0 Å². The summed E-state index contributed by atoms with van der Waals surface area (Å²) in [6, 6.07) is 3.91. The highest BCUT2D eigenvalue weighted by Crippen LogP contribution is 2.35. The molecule has 114 valence electrons. The Bertz CT molecular complexity index is 506. The molecule has 0 saturated heterocycles. The molecular weight excluding hydrogens is 398 g/mol. The average Bonchev–Trinajstić information content (AvgIpc) is 2.44. The lowest BCUT2D eigenvalue weighted by Gasteiger charge is -2.14. The minimum atomic E-state index is -0.262. The van der Waals surface area contributed by atoms with Crippen LogP contribution in [-0.4, -0.2) is 19.6 Å². The molecule has 0 spiro atoms. The van der Waals surface area contributed by atoms with Gasteiger partial charge < -0.3 is 10.1 Å². The van der Waals surface area contributed by atoms with Crippen LogP contribution in [0.2, 0.25) is 0 Å². The van der Waals surface area contributed by atoms with Gasteiger partial charge in [0, 0.05) is 6.54 Å². The van der Waals surface area contributed by atoms with Crippen LogP contribution in [0.25, 0.3) is 0 Å². The van der Waals surface area contributed by atoms with Crippen molar-refractivity contribution >= 4 is 37.8 Å². The van der Waals surface area contributed by atoms with Crippen molar-refractivity contribution < 1.29 is 9.53 Å². The van der Waals surface area contributed by atoms with E-state index in [9.17, 15) is 4.79 Å². The van der Waals surface area contributed by atoms with Crippen molar-refractivity contribution in [3.63, 3.8) is 0 Å². The molecular formula is C16H19Br2NO2. The van der Waals surface area contributed by atoms with Gasteiger partial charge in [0.1, 0.15) is 5.75 Å². The first-order valence-corrected chi connectivity index (χ1v) is 8.15. The number of hydrogen-bond acceptors (Lipinski definition) is 2. The number of ether oxygens (including phenoxy) is 1. The molecule has 1 rings (SSSR count). The first-order chi connectivity index (χ1) is 10.0. The summed E-state index contributed by atoms with van der Waals surface area (Å²) in [7, 11) is 1.62. The van der Waals surface area contributed by atoms with Gasteiger partial charge in [-0.15, -0.1) is 13.2 Å². The van der Waals surface area contributed by atoms with Crippen molar-refractivity contribution in [3.8, 4) is 5.75 Å². The maximum atomic E-state index is 12.1. The Morgan fingerprint density at radius 1 is 1.38 bits per heavy atom. The van der Waals surface area contributed by atoms with Gasteiger partial charge in [0.25, 0.3) is 0 Å². The highest BCUT2D eigenvalue weighted by Gasteiger charge is 2.16. The van der Waals surface area contributed by atoms with Crippen molar-refractivity contribution in [2.75, 3.05) is 13.7 Å². The minimum absolute atomic E-state index is 0.0186. The normalized spacial score (nSPS) is 11.6. The summed E-state index contributed by atoms with van der Waals surface area (Å²) in [5.41, 5.74) is 1.03. The number of halogens is 2. The molecule has 1 aromatic carbocycles. The zero-order valence-corrected chi connectivity index (χ0v) is 15.2. The van der Waals surface area contributed by atoms with Crippen LogP contribution in [-0.2, 0) is 11.2 Å². The van der Waals surface area contributed by atoms with Gasteiger partial charge >= 0.3 is 0 Å². The van der Waals surface area contributed by atoms with E-state index in [1.165, 1.54) is 0 Å². The topological polar surface area (TPSA) is 38.3 Å². The lowest BCUT2D eigenvalue weighted by atomic mass is 9.98. The van der Waals surface area contributed by atoms with Crippen LogP contribution < -0.4 is 10.1 Å². The molecule has 1 N–H and O–H groups in total. The smallest absolute Gasteiger partial charge is 0.227 e. The van der Waals surface area contributed by atoms with E-state index < -0.39 is 0 Å². The monoisotopic (exact) mass is 415 g/mol. The molecule has 0 heterocycles. The average molecular weight is 417 g/mol. The fourth-order valence-corrected chi connectivity index (χ4v) is 3.50. The fraction of sp³-hybridized carbons (Fsp3) is 0.312. The molecule has 0 aromatic heterocycles. The molecule has 0 saturated carbocycles. The van der Waals surface area contributed by atoms with Gasteiger partial charge in [0.2, 0.25) is 5.91 Å². The largest absolute Gasteiger partial charge is 0.494 e. The summed E-state index contributed by atoms with van der Waals surface area (Å²) < 4.78 is 6.97. The van der Waals surface area contributed by atoms with E-state index in [1.54, 1.807) is 19.3 Å². The lowest BCUT2D eigenvalue weighted by molar-refractivity contribution is -0.123. The summed E-state index contributed by atoms with van der Waals surface area (Å²) in [5.74, 6) is 0.460. The predicted molar refractivity (Wildman–Crippen MR) is 93.6 cm³/mol. The van der Waals surface area contributed by atoms with Gasteiger partial charge in [-0.1, -0.05) is 12.2 Å². The SMILES string of the molecule is C=CCCNC(=O)C(C=C)Cc1cc(Br)c(OC)c(Br)c1. The number of benzene rings is 1. The minimum Gasteiger partial charge on any atom is -0.494 e. The number of hydrogen-bond donors (Lipinski definition) is 1. The third-order valence-electron chi connectivity index (χ3n) is 2.99. The van der Waals surface area contributed by atoms with Crippen molar-refractivity contribution in [3.05, 3.63) is 52.0 Å². The highest BCUT2D eigenvalue weighted by atomic mass is 79.9. The van der Waals surface area contributed by atoms with Gasteiger partial charge in [-0.25, -0.2) is 0 Å². The molecule has 21 heavy (non-hydrogen) atoms. The Balaban J connectivity index is 2.79. The Hall–Kier alpha value is -1.07. The van der Waals surface area contributed by atoms with E-state index in [0.29, 0.717) is 13.0 Å². The second-order valence-corrected chi connectivity index (χ2v) is 6.22. The van der Waals surface area contributed by atoms with Crippen LogP contribution >= 0.6 is 31.9 Å². The number of nitrogens with one attached hydrogen (secondary N) is 1. The molecule has 1 amide bonds. The van der Waals surface area contributed by atoms with Crippen molar-refractivity contribution in [2.24, 2.45) is 5.92 Å². The van der Waals surface area contributed by atoms with Crippen molar-refractivity contribution in [2.45, 2.75) is 12.8 Å². The zero-order chi connectivity index (χ0) is 15.8. The number of methoxy groups -OCH3 is 1. The maximum Gasteiger partial charge on any atom is 0.227 e. The molecule has 0 aliphatic heterocycles. The first-order valence-electron chi connectivity index (χ1n) is 6.56. The van der Waals surface area contributed by atoms with Crippen LogP contribution in [0.3, 0.4) is 0 Å². The summed E-state index contributed by atoms with van der Waals surface area (Å²) in [6.45, 7) is 7.99. The summed E-state index contributed by atoms with van der Waals surface area (Å²) >= 11 is 6.93. The van der Waals surface area contributed by atoms with Crippen molar-refractivity contribution in [1.82, 2.24) is 5.32 Å². The molecule has 1 aromatic rings. The predicted octanol–water partition coefficient (Wildman–Crippen LogP) is 4.26. The number of amides is 1. The Labute approximate surface area is 142 Å². The van der Waals surface area contributed by atoms with E-state index >= 15 is 0 Å². The quantitative estimate of drug-likeness (QED) is 0.507. The fourth-order valence-electron chi connectivity index (χ4n) is 1.89. The third kappa shape index (κ3) is 5.32.